The molecular formula is C10H16N4O2. The lowest BCUT2D eigenvalue weighted by molar-refractivity contribution is -0.142. The molecular weight excluding hydrogens is 208 g/mol. The maximum absolute atomic E-state index is 11.1. The van der Waals surface area contributed by atoms with Gasteiger partial charge >= 0.3 is 5.97 Å². The minimum atomic E-state index is -0.212. The van der Waals surface area contributed by atoms with Crippen molar-refractivity contribution in [3.05, 3.63) is 12.4 Å². The summed E-state index contributed by atoms with van der Waals surface area (Å²) >= 11 is 0. The SMILES string of the molecule is CCOC(=O)CCN(C)c1cc(N)ncn1. The molecule has 0 amide bonds. The van der Waals surface area contributed by atoms with Crippen molar-refractivity contribution in [2.75, 3.05) is 30.8 Å². The molecule has 0 fully saturated rings. The van der Waals surface area contributed by atoms with Crippen LogP contribution in [0.3, 0.4) is 0 Å². The normalized spacial score (nSPS) is 9.88. The first kappa shape index (κ1) is 12.2. The Balaban J connectivity index is 2.46. The Morgan fingerprint density at radius 1 is 1.56 bits per heavy atom. The van der Waals surface area contributed by atoms with E-state index in [2.05, 4.69) is 9.97 Å². The number of anilines is 2. The number of nitrogen functional groups attached to an aromatic ring is 1. The Kier molecular flexibility index (Phi) is 4.50. The molecule has 0 atom stereocenters. The van der Waals surface area contributed by atoms with Crippen LogP contribution in [-0.2, 0) is 9.53 Å². The molecule has 0 spiro atoms. The molecule has 1 heterocycles. The molecule has 1 aromatic heterocycles. The van der Waals surface area contributed by atoms with Crippen LogP contribution in [0.5, 0.6) is 0 Å². The van der Waals surface area contributed by atoms with Crippen molar-refractivity contribution < 1.29 is 9.53 Å². The zero-order valence-electron chi connectivity index (χ0n) is 9.51. The summed E-state index contributed by atoms with van der Waals surface area (Å²) in [5, 5.41) is 0. The summed E-state index contributed by atoms with van der Waals surface area (Å²) in [6.45, 7) is 2.73. The maximum atomic E-state index is 11.1. The van der Waals surface area contributed by atoms with E-state index in [4.69, 9.17) is 10.5 Å². The van der Waals surface area contributed by atoms with E-state index in [-0.39, 0.29) is 5.97 Å². The minimum absolute atomic E-state index is 0.212. The summed E-state index contributed by atoms with van der Waals surface area (Å²) in [6, 6.07) is 1.66. The molecule has 1 aromatic rings. The van der Waals surface area contributed by atoms with Gasteiger partial charge in [-0.25, -0.2) is 9.97 Å². The Hall–Kier alpha value is -1.85. The van der Waals surface area contributed by atoms with E-state index in [1.165, 1.54) is 6.33 Å². The molecule has 0 saturated carbocycles. The number of aromatic nitrogens is 2. The van der Waals surface area contributed by atoms with Crippen LogP contribution in [0, 0.1) is 0 Å². The molecule has 6 nitrogen and oxygen atoms in total. The number of carbonyl (C=O) groups is 1. The third-order valence-electron chi connectivity index (χ3n) is 2.02. The van der Waals surface area contributed by atoms with E-state index in [1.54, 1.807) is 13.0 Å². The van der Waals surface area contributed by atoms with E-state index >= 15 is 0 Å². The van der Waals surface area contributed by atoms with Crippen LogP contribution in [0.1, 0.15) is 13.3 Å². The standard InChI is InChI=1S/C10H16N4O2/c1-3-16-10(15)4-5-14(2)9-6-8(11)12-7-13-9/h6-7H,3-5H2,1-2H3,(H2,11,12,13). The number of nitrogens with zero attached hydrogens (tertiary/aromatic N) is 3. The van der Waals surface area contributed by atoms with Gasteiger partial charge in [-0.1, -0.05) is 0 Å². The Labute approximate surface area is 94.4 Å². The van der Waals surface area contributed by atoms with Gasteiger partial charge in [-0.2, -0.15) is 0 Å². The lowest BCUT2D eigenvalue weighted by Crippen LogP contribution is -2.23. The highest BCUT2D eigenvalue weighted by atomic mass is 16.5. The Bertz CT molecular complexity index is 356. The number of hydrogen-bond donors (Lipinski definition) is 1. The van der Waals surface area contributed by atoms with Crippen molar-refractivity contribution in [3.8, 4) is 0 Å². The molecule has 0 radical (unpaired) electrons. The number of hydrogen-bond acceptors (Lipinski definition) is 6. The summed E-state index contributed by atoms with van der Waals surface area (Å²) in [5.74, 6) is 0.890. The van der Waals surface area contributed by atoms with E-state index in [0.29, 0.717) is 31.2 Å². The van der Waals surface area contributed by atoms with Crippen molar-refractivity contribution in [2.45, 2.75) is 13.3 Å². The molecule has 0 aromatic carbocycles. The van der Waals surface area contributed by atoms with Crippen molar-refractivity contribution >= 4 is 17.6 Å². The predicted molar refractivity (Wildman–Crippen MR) is 61.0 cm³/mol. The molecule has 0 aliphatic heterocycles. The maximum Gasteiger partial charge on any atom is 0.307 e. The van der Waals surface area contributed by atoms with Crippen molar-refractivity contribution in [1.29, 1.82) is 0 Å². The quantitative estimate of drug-likeness (QED) is 0.731. The first-order valence-electron chi connectivity index (χ1n) is 5.07. The second-order valence-corrected chi connectivity index (χ2v) is 3.28. The first-order chi connectivity index (χ1) is 7.63. The van der Waals surface area contributed by atoms with Gasteiger partial charge in [0, 0.05) is 19.7 Å². The highest BCUT2D eigenvalue weighted by Gasteiger charge is 2.07. The summed E-state index contributed by atoms with van der Waals surface area (Å²) in [5.41, 5.74) is 5.53. The average Bonchev–Trinajstić information content (AvgIpc) is 2.26. The fraction of sp³-hybridized carbons (Fsp3) is 0.500. The van der Waals surface area contributed by atoms with Gasteiger partial charge in [-0.15, -0.1) is 0 Å². The molecule has 0 aliphatic carbocycles. The van der Waals surface area contributed by atoms with Gasteiger partial charge in [0.2, 0.25) is 0 Å². The van der Waals surface area contributed by atoms with E-state index in [1.807, 2.05) is 11.9 Å². The molecule has 2 N–H and O–H groups in total. The second-order valence-electron chi connectivity index (χ2n) is 3.28. The van der Waals surface area contributed by atoms with Crippen molar-refractivity contribution in [3.63, 3.8) is 0 Å². The zero-order valence-corrected chi connectivity index (χ0v) is 9.51. The fourth-order valence-corrected chi connectivity index (χ4v) is 1.18. The third kappa shape index (κ3) is 3.72. The highest BCUT2D eigenvalue weighted by Crippen LogP contribution is 2.10. The van der Waals surface area contributed by atoms with Gasteiger partial charge in [0.1, 0.15) is 18.0 Å². The summed E-state index contributed by atoms with van der Waals surface area (Å²) in [7, 11) is 1.83. The lowest BCUT2D eigenvalue weighted by Gasteiger charge is -2.17. The van der Waals surface area contributed by atoms with Crippen LogP contribution in [0.15, 0.2) is 12.4 Å². The predicted octanol–water partition coefficient (Wildman–Crippen LogP) is 0.448. The highest BCUT2D eigenvalue weighted by molar-refractivity contribution is 5.70. The van der Waals surface area contributed by atoms with Crippen LogP contribution in [-0.4, -0.2) is 36.1 Å². The van der Waals surface area contributed by atoms with Crippen LogP contribution in [0.4, 0.5) is 11.6 Å². The molecule has 16 heavy (non-hydrogen) atoms. The van der Waals surface area contributed by atoms with Crippen LogP contribution < -0.4 is 10.6 Å². The lowest BCUT2D eigenvalue weighted by atomic mass is 10.4. The molecule has 1 rings (SSSR count). The monoisotopic (exact) mass is 224 g/mol. The van der Waals surface area contributed by atoms with Gasteiger partial charge in [0.05, 0.1) is 13.0 Å². The van der Waals surface area contributed by atoms with Crippen molar-refractivity contribution in [2.24, 2.45) is 0 Å². The fourth-order valence-electron chi connectivity index (χ4n) is 1.18. The molecule has 0 aliphatic rings. The largest absolute Gasteiger partial charge is 0.466 e. The molecule has 88 valence electrons. The van der Waals surface area contributed by atoms with Crippen molar-refractivity contribution in [1.82, 2.24) is 9.97 Å². The summed E-state index contributed by atoms with van der Waals surface area (Å²) in [6.07, 6.45) is 1.72. The average molecular weight is 224 g/mol. The smallest absolute Gasteiger partial charge is 0.307 e. The number of rotatable bonds is 5. The van der Waals surface area contributed by atoms with Crippen LogP contribution >= 0.6 is 0 Å². The first-order valence-corrected chi connectivity index (χ1v) is 5.07. The zero-order chi connectivity index (χ0) is 12.0. The molecule has 0 bridgehead atoms. The third-order valence-corrected chi connectivity index (χ3v) is 2.02. The summed E-state index contributed by atoms with van der Waals surface area (Å²) in [4.78, 5) is 20.8. The van der Waals surface area contributed by atoms with E-state index < -0.39 is 0 Å². The number of ether oxygens (including phenoxy) is 1. The van der Waals surface area contributed by atoms with E-state index in [0.717, 1.165) is 0 Å². The number of carbonyl (C=O) groups excluding carboxylic acids is 1. The second kappa shape index (κ2) is 5.89. The van der Waals surface area contributed by atoms with Crippen LogP contribution in [0.2, 0.25) is 0 Å². The topological polar surface area (TPSA) is 81.3 Å². The Morgan fingerprint density at radius 2 is 2.31 bits per heavy atom. The van der Waals surface area contributed by atoms with Crippen LogP contribution in [0.25, 0.3) is 0 Å². The number of nitrogens with two attached hydrogens (primary N) is 1. The molecule has 0 unspecified atom stereocenters. The summed E-state index contributed by atoms with van der Waals surface area (Å²) < 4.78 is 4.83. The van der Waals surface area contributed by atoms with Gasteiger partial charge in [0.15, 0.2) is 0 Å². The van der Waals surface area contributed by atoms with Gasteiger partial charge in [-0.3, -0.25) is 4.79 Å². The van der Waals surface area contributed by atoms with Gasteiger partial charge in [0.25, 0.3) is 0 Å². The molecule has 0 saturated heterocycles. The van der Waals surface area contributed by atoms with Gasteiger partial charge < -0.3 is 15.4 Å². The Morgan fingerprint density at radius 3 is 2.94 bits per heavy atom. The molecule has 6 heteroatoms. The minimum Gasteiger partial charge on any atom is -0.466 e. The van der Waals surface area contributed by atoms with Gasteiger partial charge in [-0.05, 0) is 6.92 Å². The number of esters is 1. The van der Waals surface area contributed by atoms with E-state index in [9.17, 15) is 4.79 Å².